The summed E-state index contributed by atoms with van der Waals surface area (Å²) in [7, 11) is 0. The van der Waals surface area contributed by atoms with Gasteiger partial charge in [-0.2, -0.15) is 52.7 Å². The van der Waals surface area contributed by atoms with Gasteiger partial charge in [0.25, 0.3) is 0 Å². The van der Waals surface area contributed by atoms with Crippen LogP contribution in [0.5, 0.6) is 0 Å². The van der Waals surface area contributed by atoms with Gasteiger partial charge in [0.15, 0.2) is 0 Å². The molecule has 0 saturated heterocycles. The van der Waals surface area contributed by atoms with E-state index in [4.69, 9.17) is 39.6 Å². The van der Waals surface area contributed by atoms with Crippen molar-refractivity contribution in [1.29, 1.82) is 0 Å². The molecule has 0 aromatic carbocycles. The number of carboxylic acid groups (broad SMARTS) is 4. The zero-order chi connectivity index (χ0) is 24.3. The van der Waals surface area contributed by atoms with E-state index in [2.05, 4.69) is 0 Å². The van der Waals surface area contributed by atoms with Gasteiger partial charge in [-0.15, -0.1) is 0 Å². The Hall–Kier alpha value is -2.31. The molecule has 173 valence electrons. The van der Waals surface area contributed by atoms with Crippen molar-refractivity contribution in [2.24, 2.45) is 0 Å². The van der Waals surface area contributed by atoms with E-state index in [0.717, 1.165) is 0 Å². The van der Waals surface area contributed by atoms with Crippen molar-refractivity contribution in [3.8, 4) is 0 Å². The maximum Gasteiger partial charge on any atom is 4.00 e. The van der Waals surface area contributed by atoms with E-state index >= 15 is 0 Å². The predicted octanol–water partition coefficient (Wildman–Crippen LogP) is -2.81. The topological polar surface area (TPSA) is 161 Å². The van der Waals surface area contributed by atoms with E-state index in [-0.39, 0.29) is 20.1 Å². The molecule has 0 aromatic rings. The van der Waals surface area contributed by atoms with E-state index < -0.39 is 48.6 Å². The Bertz CT molecular complexity index is 436. The summed E-state index contributed by atoms with van der Waals surface area (Å²) in [6, 6.07) is 0. The van der Waals surface area contributed by atoms with Crippen LogP contribution in [0.25, 0.3) is 0 Å². The SMILES string of the molecule is O=C([O-])C(F)(F)F.O=C([O-])C(F)(F)F.O=C([O-])C(F)(F)F.O=C([O-])C(F)(F)F.[Ir+4]. The average molecular weight is 644 g/mol. The maximum absolute atomic E-state index is 10.5. The fraction of sp³-hybridized carbons (Fsp3) is 0.500. The average Bonchev–Trinajstić information content (AvgIpc) is 2.35. The van der Waals surface area contributed by atoms with Crippen molar-refractivity contribution in [2.75, 3.05) is 0 Å². The molecule has 8 nitrogen and oxygen atoms in total. The summed E-state index contributed by atoms with van der Waals surface area (Å²) < 4.78 is 126. The Morgan fingerprint density at radius 1 is 0.379 bits per heavy atom. The van der Waals surface area contributed by atoms with E-state index in [9.17, 15) is 52.7 Å². The Balaban J connectivity index is -0.0000000873. The van der Waals surface area contributed by atoms with Crippen molar-refractivity contribution in [1.82, 2.24) is 0 Å². The second-order valence-corrected chi connectivity index (χ2v) is 3.14. The zero-order valence-electron chi connectivity index (χ0n) is 12.1. The van der Waals surface area contributed by atoms with Crippen LogP contribution in [0.4, 0.5) is 52.7 Å². The molecule has 0 heterocycles. The first kappa shape index (κ1) is 37.4. The smallest absolute Gasteiger partial charge is 0.542 e. The molecule has 0 spiro atoms. The molecule has 0 bridgehead atoms. The van der Waals surface area contributed by atoms with E-state index in [0.29, 0.717) is 0 Å². The number of halogens is 12. The van der Waals surface area contributed by atoms with Crippen LogP contribution in [0.2, 0.25) is 0 Å². The van der Waals surface area contributed by atoms with Crippen LogP contribution in [0, 0.1) is 0 Å². The molecular weight excluding hydrogens is 644 g/mol. The minimum atomic E-state index is -5.19. The molecule has 0 aromatic heterocycles. The minimum absolute atomic E-state index is 0. The van der Waals surface area contributed by atoms with E-state index in [1.54, 1.807) is 0 Å². The number of hydrogen-bond donors (Lipinski definition) is 0. The number of carboxylic acids is 4. The van der Waals surface area contributed by atoms with Crippen LogP contribution in [-0.2, 0) is 39.3 Å². The van der Waals surface area contributed by atoms with Gasteiger partial charge in [0.1, 0.15) is 23.9 Å². The third-order valence-electron chi connectivity index (χ3n) is 0.926. The first-order valence-corrected chi connectivity index (χ1v) is 4.90. The van der Waals surface area contributed by atoms with Crippen molar-refractivity contribution in [3.05, 3.63) is 0 Å². The number of carbonyl (C=O) groups excluding carboxylic acids is 4. The summed E-state index contributed by atoms with van der Waals surface area (Å²) in [6.45, 7) is 0. The standard InChI is InChI=1S/4C2HF3O2.Ir/c4*3-2(4,5)1(6)7;/h4*(H,6,7);/q;;;;+4/p-4. The molecule has 0 atom stereocenters. The van der Waals surface area contributed by atoms with Gasteiger partial charge in [-0.25, -0.2) is 0 Å². The second kappa shape index (κ2) is 13.8. The molecule has 0 amide bonds. The molecule has 29 heavy (non-hydrogen) atoms. The Kier molecular flexibility index (Phi) is 17.8. The molecule has 0 fully saturated rings. The monoisotopic (exact) mass is 645 g/mol. The largest absolute Gasteiger partial charge is 4.00 e. The Morgan fingerprint density at radius 2 is 0.414 bits per heavy atom. The number of aliphatic carboxylic acids is 4. The van der Waals surface area contributed by atoms with Crippen LogP contribution in [-0.4, -0.2) is 48.6 Å². The van der Waals surface area contributed by atoms with Gasteiger partial charge in [-0.1, -0.05) is 0 Å². The summed E-state index contributed by atoms with van der Waals surface area (Å²) in [4.78, 5) is 35.1. The van der Waals surface area contributed by atoms with E-state index in [1.165, 1.54) is 0 Å². The van der Waals surface area contributed by atoms with Gasteiger partial charge in [-0.3, -0.25) is 0 Å². The normalized spacial score (nSPS) is 10.9. The van der Waals surface area contributed by atoms with Gasteiger partial charge in [0.2, 0.25) is 0 Å². The molecule has 0 aliphatic rings. The molecule has 0 aliphatic carbocycles. The number of alkyl halides is 12. The molecule has 0 N–H and O–H groups in total. The summed E-state index contributed by atoms with van der Waals surface area (Å²) in [5.41, 5.74) is 0. The van der Waals surface area contributed by atoms with Crippen molar-refractivity contribution < 1.29 is 112 Å². The quantitative estimate of drug-likeness (QED) is 0.256. The Labute approximate surface area is 162 Å². The summed E-state index contributed by atoms with van der Waals surface area (Å²) in [5, 5.41) is 35.1. The molecule has 1 radical (unpaired) electrons. The first-order valence-electron chi connectivity index (χ1n) is 4.90. The van der Waals surface area contributed by atoms with Gasteiger partial charge in [0.05, 0.1) is 0 Å². The third kappa shape index (κ3) is 30.6. The van der Waals surface area contributed by atoms with Crippen LogP contribution in [0.15, 0.2) is 0 Å². The molecule has 21 heteroatoms. The number of carbonyl (C=O) groups is 4. The van der Waals surface area contributed by atoms with Gasteiger partial charge in [-0.05, 0) is 0 Å². The summed E-state index contributed by atoms with van der Waals surface area (Å²) in [5.74, 6) is -12.0. The zero-order valence-corrected chi connectivity index (χ0v) is 14.5. The minimum Gasteiger partial charge on any atom is -0.542 e. The summed E-state index contributed by atoms with van der Waals surface area (Å²) in [6.07, 6.45) is -20.8. The van der Waals surface area contributed by atoms with Crippen LogP contribution in [0.1, 0.15) is 0 Å². The van der Waals surface area contributed by atoms with Gasteiger partial charge >= 0.3 is 44.8 Å². The van der Waals surface area contributed by atoms with Crippen LogP contribution in [0.3, 0.4) is 0 Å². The second-order valence-electron chi connectivity index (χ2n) is 3.14. The summed E-state index contributed by atoms with van der Waals surface area (Å²) >= 11 is 0. The van der Waals surface area contributed by atoms with Crippen molar-refractivity contribution >= 4 is 23.9 Å². The fourth-order valence-corrected chi connectivity index (χ4v) is 0. The molecule has 0 rings (SSSR count). The number of rotatable bonds is 0. The van der Waals surface area contributed by atoms with Gasteiger partial charge < -0.3 is 39.6 Å². The third-order valence-corrected chi connectivity index (χ3v) is 0.926. The molecule has 0 unspecified atom stereocenters. The van der Waals surface area contributed by atoms with Crippen molar-refractivity contribution in [3.63, 3.8) is 0 Å². The maximum atomic E-state index is 10.5. The Morgan fingerprint density at radius 3 is 0.414 bits per heavy atom. The predicted molar refractivity (Wildman–Crippen MR) is 44.2 cm³/mol. The first-order chi connectivity index (χ1) is 11.8. The van der Waals surface area contributed by atoms with Gasteiger partial charge in [0, 0.05) is 0 Å². The fourth-order valence-electron chi connectivity index (χ4n) is 0. The van der Waals surface area contributed by atoms with Crippen LogP contribution >= 0.6 is 0 Å². The molecule has 0 saturated carbocycles. The van der Waals surface area contributed by atoms with Crippen molar-refractivity contribution in [2.45, 2.75) is 24.7 Å². The van der Waals surface area contributed by atoms with Crippen LogP contribution < -0.4 is 20.4 Å². The number of hydrogen-bond acceptors (Lipinski definition) is 8. The van der Waals surface area contributed by atoms with E-state index in [1.807, 2.05) is 0 Å². The molecular formula is C8F12IrO8. The molecule has 0 aliphatic heterocycles.